The molecule has 0 saturated heterocycles. The normalized spacial score (nSPS) is 14.7. The molecule has 0 radical (unpaired) electrons. The number of benzene rings is 7. The summed E-state index contributed by atoms with van der Waals surface area (Å²) in [7, 11) is 0. The average Bonchev–Trinajstić information content (AvgIpc) is 3.73. The minimum atomic E-state index is -0.174. The predicted octanol–water partition coefficient (Wildman–Crippen LogP) is 13.3. The van der Waals surface area contributed by atoms with Gasteiger partial charge in [0, 0.05) is 33.2 Å². The van der Waals surface area contributed by atoms with Gasteiger partial charge in [-0.1, -0.05) is 137 Å². The lowest BCUT2D eigenvalue weighted by Crippen LogP contribution is -2.16. The fourth-order valence-corrected chi connectivity index (χ4v) is 8.99. The lowest BCUT2D eigenvalue weighted by molar-refractivity contribution is 0.620. The zero-order valence-corrected chi connectivity index (χ0v) is 28.8. The Balaban J connectivity index is 1.21. The highest BCUT2D eigenvalue weighted by Gasteiger charge is 2.39. The fourth-order valence-electron chi connectivity index (χ4n) is 8.99. The molecule has 50 heavy (non-hydrogen) atoms. The van der Waals surface area contributed by atoms with Crippen LogP contribution < -0.4 is 4.90 Å². The third-order valence-corrected chi connectivity index (χ3v) is 11.5. The molecule has 1 aromatic heterocycles. The van der Waals surface area contributed by atoms with Crippen molar-refractivity contribution in [3.05, 3.63) is 174 Å². The second-order valence-electron chi connectivity index (χ2n) is 14.9. The molecule has 0 spiro atoms. The van der Waals surface area contributed by atoms with Crippen LogP contribution in [0.2, 0.25) is 0 Å². The van der Waals surface area contributed by atoms with E-state index >= 15 is 0 Å². The minimum Gasteiger partial charge on any atom is -0.456 e. The van der Waals surface area contributed by atoms with Crippen molar-refractivity contribution in [3.63, 3.8) is 0 Å². The maximum Gasteiger partial charge on any atom is 0.140 e. The quantitative estimate of drug-likeness (QED) is 0.190. The van der Waals surface area contributed by atoms with Gasteiger partial charge in [-0.2, -0.15) is 0 Å². The summed E-state index contributed by atoms with van der Waals surface area (Å²) in [5.41, 5.74) is 17.9. The molecule has 10 rings (SSSR count). The molecule has 7 aromatic carbocycles. The van der Waals surface area contributed by atoms with Crippen LogP contribution in [0.25, 0.3) is 55.3 Å². The van der Waals surface area contributed by atoms with Crippen molar-refractivity contribution >= 4 is 39.0 Å². The number of hydrogen-bond donors (Lipinski definition) is 0. The molecule has 0 N–H and O–H groups in total. The number of anilines is 3. The van der Waals surface area contributed by atoms with Crippen LogP contribution in [-0.4, -0.2) is 0 Å². The van der Waals surface area contributed by atoms with Crippen LogP contribution in [0, 0.1) is 0 Å². The second-order valence-corrected chi connectivity index (χ2v) is 14.9. The zero-order chi connectivity index (χ0) is 33.8. The topological polar surface area (TPSA) is 16.4 Å². The molecule has 8 aromatic rings. The molecule has 0 saturated carbocycles. The highest BCUT2D eigenvalue weighted by Crippen LogP contribution is 2.55. The summed E-state index contributed by atoms with van der Waals surface area (Å²) in [5.74, 6) is 0. The van der Waals surface area contributed by atoms with Gasteiger partial charge in [0.1, 0.15) is 11.2 Å². The Labute approximate surface area is 293 Å². The number of hydrogen-bond acceptors (Lipinski definition) is 2. The van der Waals surface area contributed by atoms with Crippen molar-refractivity contribution in [1.29, 1.82) is 0 Å². The molecule has 0 fully saturated rings. The molecular formula is C48H37NO. The molecule has 2 nitrogen and oxygen atoms in total. The third kappa shape index (κ3) is 3.96. The lowest BCUT2D eigenvalue weighted by Gasteiger charge is -2.29. The zero-order valence-electron chi connectivity index (χ0n) is 28.8. The van der Waals surface area contributed by atoms with Gasteiger partial charge in [-0.05, 0) is 92.5 Å². The van der Waals surface area contributed by atoms with Crippen LogP contribution in [0.3, 0.4) is 0 Å². The summed E-state index contributed by atoms with van der Waals surface area (Å²) in [4.78, 5) is 2.43. The second kappa shape index (κ2) is 10.3. The highest BCUT2D eigenvalue weighted by molar-refractivity contribution is 6.15. The van der Waals surface area contributed by atoms with Crippen LogP contribution >= 0.6 is 0 Å². The first kappa shape index (κ1) is 29.1. The van der Waals surface area contributed by atoms with Crippen molar-refractivity contribution in [1.82, 2.24) is 0 Å². The van der Waals surface area contributed by atoms with E-state index in [-0.39, 0.29) is 10.8 Å². The Bertz CT molecular complexity index is 2640. The molecule has 1 heterocycles. The molecule has 2 aliphatic rings. The van der Waals surface area contributed by atoms with Gasteiger partial charge >= 0.3 is 0 Å². The van der Waals surface area contributed by atoms with Gasteiger partial charge in [0.15, 0.2) is 0 Å². The minimum absolute atomic E-state index is 0.111. The van der Waals surface area contributed by atoms with E-state index in [0.717, 1.165) is 39.0 Å². The molecule has 2 aliphatic carbocycles. The van der Waals surface area contributed by atoms with E-state index in [1.165, 1.54) is 55.6 Å². The standard InChI is InChI=1S/C48H37NO/c1-47(2)39-17-10-8-15-34(39)36-26-25-33(29-41(36)47)49(32-23-21-31(22-24-32)30-13-6-5-7-14-30)42-19-12-20-43-44(42)38-28-27-37-35-16-9-11-18-40(35)48(3,4)45(37)46(38)50-43/h5-29H,1-4H3. The number of furan rings is 1. The summed E-state index contributed by atoms with van der Waals surface area (Å²) in [6.45, 7) is 9.36. The molecule has 0 aliphatic heterocycles. The van der Waals surface area contributed by atoms with Crippen LogP contribution in [0.5, 0.6) is 0 Å². The van der Waals surface area contributed by atoms with Gasteiger partial charge in [-0.3, -0.25) is 0 Å². The highest BCUT2D eigenvalue weighted by atomic mass is 16.3. The molecule has 0 amide bonds. The van der Waals surface area contributed by atoms with Crippen molar-refractivity contribution in [3.8, 4) is 33.4 Å². The summed E-state index contributed by atoms with van der Waals surface area (Å²) in [6, 6.07) is 55.4. The summed E-state index contributed by atoms with van der Waals surface area (Å²) >= 11 is 0. The number of nitrogens with zero attached hydrogens (tertiary/aromatic N) is 1. The van der Waals surface area contributed by atoms with E-state index in [1.54, 1.807) is 0 Å². The predicted molar refractivity (Wildman–Crippen MR) is 209 cm³/mol. The Morgan fingerprint density at radius 3 is 1.82 bits per heavy atom. The third-order valence-electron chi connectivity index (χ3n) is 11.5. The van der Waals surface area contributed by atoms with Crippen molar-refractivity contribution in [2.24, 2.45) is 0 Å². The van der Waals surface area contributed by atoms with Crippen LogP contribution in [-0.2, 0) is 10.8 Å². The van der Waals surface area contributed by atoms with Gasteiger partial charge in [-0.15, -0.1) is 0 Å². The summed E-state index contributed by atoms with van der Waals surface area (Å²) in [6.07, 6.45) is 0. The van der Waals surface area contributed by atoms with Gasteiger partial charge < -0.3 is 9.32 Å². The number of rotatable bonds is 4. The maximum absolute atomic E-state index is 6.92. The maximum atomic E-state index is 6.92. The van der Waals surface area contributed by atoms with E-state index in [2.05, 4.69) is 184 Å². The van der Waals surface area contributed by atoms with E-state index in [1.807, 2.05) is 0 Å². The monoisotopic (exact) mass is 643 g/mol. The summed E-state index contributed by atoms with van der Waals surface area (Å²) < 4.78 is 6.92. The first-order valence-corrected chi connectivity index (χ1v) is 17.6. The van der Waals surface area contributed by atoms with E-state index in [4.69, 9.17) is 4.42 Å². The first-order chi connectivity index (χ1) is 24.3. The van der Waals surface area contributed by atoms with Crippen molar-refractivity contribution in [2.45, 2.75) is 38.5 Å². The smallest absolute Gasteiger partial charge is 0.140 e. The molecule has 2 heteroatoms. The van der Waals surface area contributed by atoms with Gasteiger partial charge in [0.05, 0.1) is 11.1 Å². The van der Waals surface area contributed by atoms with Crippen LogP contribution in [0.15, 0.2) is 156 Å². The average molecular weight is 644 g/mol. The first-order valence-electron chi connectivity index (χ1n) is 17.6. The largest absolute Gasteiger partial charge is 0.456 e. The lowest BCUT2D eigenvalue weighted by atomic mass is 9.82. The van der Waals surface area contributed by atoms with Crippen molar-refractivity contribution in [2.75, 3.05) is 4.90 Å². The van der Waals surface area contributed by atoms with Crippen LogP contribution in [0.4, 0.5) is 17.1 Å². The van der Waals surface area contributed by atoms with Crippen LogP contribution in [0.1, 0.15) is 49.9 Å². The SMILES string of the molecule is CC1(C)c2ccccc2-c2ccc(N(c3ccc(-c4ccccc4)cc3)c3cccc4oc5c6c(ccc5c34)-c3ccccc3C6(C)C)cc21. The van der Waals surface area contributed by atoms with Gasteiger partial charge in [0.2, 0.25) is 0 Å². The molecular weight excluding hydrogens is 607 g/mol. The van der Waals surface area contributed by atoms with E-state index in [0.29, 0.717) is 0 Å². The Hall–Kier alpha value is -5.86. The fraction of sp³-hybridized carbons (Fsp3) is 0.125. The van der Waals surface area contributed by atoms with Gasteiger partial charge in [-0.25, -0.2) is 0 Å². The summed E-state index contributed by atoms with van der Waals surface area (Å²) in [5, 5.41) is 2.28. The molecule has 0 bridgehead atoms. The Morgan fingerprint density at radius 2 is 1.06 bits per heavy atom. The Morgan fingerprint density at radius 1 is 0.460 bits per heavy atom. The Kier molecular flexibility index (Phi) is 6.01. The van der Waals surface area contributed by atoms with Gasteiger partial charge in [0.25, 0.3) is 0 Å². The number of fused-ring (bicyclic) bond motifs is 10. The van der Waals surface area contributed by atoms with E-state index < -0.39 is 0 Å². The van der Waals surface area contributed by atoms with Crippen molar-refractivity contribution < 1.29 is 4.42 Å². The molecule has 0 unspecified atom stereocenters. The molecule has 240 valence electrons. The molecule has 0 atom stereocenters. The van der Waals surface area contributed by atoms with E-state index in [9.17, 15) is 0 Å².